The third kappa shape index (κ3) is 3.49. The smallest absolute Gasteiger partial charge is 0.240 e. The Bertz CT molecular complexity index is 456. The average molecular weight is 278 g/mol. The molecule has 0 bridgehead atoms. The van der Waals surface area contributed by atoms with Gasteiger partial charge in [0, 0.05) is 12.1 Å². The van der Waals surface area contributed by atoms with Crippen LogP contribution in [0.4, 0.5) is 0 Å². The summed E-state index contributed by atoms with van der Waals surface area (Å²) < 4.78 is 5.45. The molecule has 1 atom stereocenters. The van der Waals surface area contributed by atoms with E-state index in [-0.39, 0.29) is 19.1 Å². The molecule has 1 fully saturated rings. The number of hydrogen-bond donors (Lipinski definition) is 3. The van der Waals surface area contributed by atoms with Crippen molar-refractivity contribution in [1.82, 2.24) is 10.6 Å². The van der Waals surface area contributed by atoms with Gasteiger partial charge in [0.1, 0.15) is 12.4 Å². The van der Waals surface area contributed by atoms with Crippen LogP contribution in [-0.4, -0.2) is 36.3 Å². The molecule has 110 valence electrons. The zero-order chi connectivity index (χ0) is 14.4. The van der Waals surface area contributed by atoms with Gasteiger partial charge in [-0.15, -0.1) is 0 Å². The van der Waals surface area contributed by atoms with Gasteiger partial charge in [-0.05, 0) is 32.4 Å². The Morgan fingerprint density at radius 2 is 2.30 bits per heavy atom. The summed E-state index contributed by atoms with van der Waals surface area (Å²) in [6, 6.07) is 7.53. The second-order valence-electron chi connectivity index (χ2n) is 5.22. The fraction of sp³-hybridized carbons (Fsp3) is 0.533. The van der Waals surface area contributed by atoms with Crippen molar-refractivity contribution < 1.29 is 14.6 Å². The highest BCUT2D eigenvalue weighted by Gasteiger charge is 2.35. The van der Waals surface area contributed by atoms with Gasteiger partial charge in [-0.2, -0.15) is 0 Å². The number of rotatable bonds is 6. The Morgan fingerprint density at radius 1 is 1.50 bits per heavy atom. The lowest BCUT2D eigenvalue weighted by Crippen LogP contribution is -2.50. The van der Waals surface area contributed by atoms with Crippen molar-refractivity contribution >= 4 is 5.91 Å². The van der Waals surface area contributed by atoms with Crippen LogP contribution in [0.2, 0.25) is 0 Å². The molecule has 0 aliphatic carbocycles. The first-order chi connectivity index (χ1) is 9.65. The van der Waals surface area contributed by atoms with Gasteiger partial charge in [0.2, 0.25) is 5.91 Å². The van der Waals surface area contributed by atoms with Crippen LogP contribution in [0.1, 0.15) is 25.3 Å². The average Bonchev–Trinajstić information content (AvgIpc) is 2.91. The summed E-state index contributed by atoms with van der Waals surface area (Å²) in [6.45, 7) is 3.48. The Hall–Kier alpha value is -1.59. The van der Waals surface area contributed by atoms with Gasteiger partial charge in [-0.1, -0.05) is 18.2 Å². The maximum atomic E-state index is 12.2. The molecule has 0 radical (unpaired) electrons. The van der Waals surface area contributed by atoms with E-state index in [0.717, 1.165) is 24.9 Å². The monoisotopic (exact) mass is 278 g/mol. The SMILES string of the molecule is CC1(C(=O)NCc2ccccc2OCCO)CCCN1. The van der Waals surface area contributed by atoms with E-state index < -0.39 is 5.54 Å². The van der Waals surface area contributed by atoms with Crippen LogP contribution in [0.3, 0.4) is 0 Å². The fourth-order valence-electron chi connectivity index (χ4n) is 2.41. The molecule has 5 nitrogen and oxygen atoms in total. The lowest BCUT2D eigenvalue weighted by molar-refractivity contribution is -0.126. The topological polar surface area (TPSA) is 70.6 Å². The van der Waals surface area contributed by atoms with Crippen molar-refractivity contribution in [2.45, 2.75) is 31.8 Å². The zero-order valence-electron chi connectivity index (χ0n) is 11.8. The molecule has 0 aromatic heterocycles. The maximum absolute atomic E-state index is 12.2. The first kappa shape index (κ1) is 14.8. The first-order valence-electron chi connectivity index (χ1n) is 7.00. The van der Waals surface area contributed by atoms with Crippen molar-refractivity contribution in [3.8, 4) is 5.75 Å². The second kappa shape index (κ2) is 6.72. The minimum atomic E-state index is -0.457. The summed E-state index contributed by atoms with van der Waals surface area (Å²) in [5.41, 5.74) is 0.455. The normalized spacial score (nSPS) is 21.7. The lowest BCUT2D eigenvalue weighted by atomic mass is 9.99. The summed E-state index contributed by atoms with van der Waals surface area (Å²) in [7, 11) is 0. The summed E-state index contributed by atoms with van der Waals surface area (Å²) >= 11 is 0. The first-order valence-corrected chi connectivity index (χ1v) is 7.00. The van der Waals surface area contributed by atoms with Gasteiger partial charge in [-0.3, -0.25) is 4.79 Å². The molecule has 1 aromatic rings. The largest absolute Gasteiger partial charge is 0.491 e. The zero-order valence-corrected chi connectivity index (χ0v) is 11.8. The number of ether oxygens (including phenoxy) is 1. The third-order valence-electron chi connectivity index (χ3n) is 3.63. The number of aliphatic hydroxyl groups excluding tert-OH is 1. The van der Waals surface area contributed by atoms with E-state index in [2.05, 4.69) is 10.6 Å². The molecule has 20 heavy (non-hydrogen) atoms. The molecule has 2 rings (SSSR count). The summed E-state index contributed by atoms with van der Waals surface area (Å²) in [5.74, 6) is 0.721. The fourth-order valence-corrected chi connectivity index (χ4v) is 2.41. The van der Waals surface area contributed by atoms with Crippen LogP contribution in [-0.2, 0) is 11.3 Å². The van der Waals surface area contributed by atoms with Crippen LogP contribution in [0.5, 0.6) is 5.75 Å². The van der Waals surface area contributed by atoms with E-state index in [1.807, 2.05) is 31.2 Å². The van der Waals surface area contributed by atoms with Gasteiger partial charge in [0.05, 0.1) is 12.1 Å². The van der Waals surface area contributed by atoms with Gasteiger partial charge in [0.15, 0.2) is 0 Å². The maximum Gasteiger partial charge on any atom is 0.240 e. The van der Waals surface area contributed by atoms with E-state index in [1.54, 1.807) is 0 Å². The van der Waals surface area contributed by atoms with Crippen LogP contribution < -0.4 is 15.4 Å². The van der Waals surface area contributed by atoms with Gasteiger partial charge in [0.25, 0.3) is 0 Å². The highest BCUT2D eigenvalue weighted by Crippen LogP contribution is 2.20. The van der Waals surface area contributed by atoms with E-state index in [9.17, 15) is 4.79 Å². The number of amides is 1. The molecule has 1 amide bonds. The Morgan fingerprint density at radius 3 is 3.00 bits per heavy atom. The molecule has 0 spiro atoms. The minimum Gasteiger partial charge on any atom is -0.491 e. The van der Waals surface area contributed by atoms with Crippen molar-refractivity contribution in [3.63, 3.8) is 0 Å². The molecule has 3 N–H and O–H groups in total. The van der Waals surface area contributed by atoms with E-state index in [1.165, 1.54) is 0 Å². The number of para-hydroxylation sites is 1. The predicted octanol–water partition coefficient (Wildman–Crippen LogP) is 0.816. The number of carbonyl (C=O) groups excluding carboxylic acids is 1. The van der Waals surface area contributed by atoms with Gasteiger partial charge in [-0.25, -0.2) is 0 Å². The third-order valence-corrected chi connectivity index (χ3v) is 3.63. The van der Waals surface area contributed by atoms with Crippen molar-refractivity contribution in [2.75, 3.05) is 19.8 Å². The molecule has 0 saturated carbocycles. The predicted molar refractivity (Wildman–Crippen MR) is 76.5 cm³/mol. The molecule has 5 heteroatoms. The Labute approximate surface area is 119 Å². The van der Waals surface area contributed by atoms with Crippen LogP contribution in [0.25, 0.3) is 0 Å². The molecular formula is C15H22N2O3. The van der Waals surface area contributed by atoms with Crippen LogP contribution >= 0.6 is 0 Å². The summed E-state index contributed by atoms with van der Waals surface area (Å²) in [5, 5.41) is 15.0. The number of aliphatic hydroxyl groups is 1. The molecule has 1 heterocycles. The van der Waals surface area contributed by atoms with Crippen molar-refractivity contribution in [1.29, 1.82) is 0 Å². The van der Waals surface area contributed by atoms with Crippen molar-refractivity contribution in [3.05, 3.63) is 29.8 Å². The molecule has 1 aliphatic heterocycles. The minimum absolute atomic E-state index is 0.0203. The number of carbonyl (C=O) groups is 1. The molecule has 1 aromatic carbocycles. The quantitative estimate of drug-likeness (QED) is 0.720. The van der Waals surface area contributed by atoms with Gasteiger partial charge >= 0.3 is 0 Å². The standard InChI is InChI=1S/C15H22N2O3/c1-15(7-4-8-17-15)14(19)16-11-12-5-2-3-6-13(12)20-10-9-18/h2-3,5-6,17-18H,4,7-11H2,1H3,(H,16,19). The summed E-state index contributed by atoms with van der Waals surface area (Å²) in [6.07, 6.45) is 1.89. The number of nitrogens with one attached hydrogen (secondary N) is 2. The van der Waals surface area contributed by atoms with E-state index >= 15 is 0 Å². The van der Waals surface area contributed by atoms with Crippen molar-refractivity contribution in [2.24, 2.45) is 0 Å². The van der Waals surface area contributed by atoms with Crippen LogP contribution in [0, 0.1) is 0 Å². The number of benzene rings is 1. The molecular weight excluding hydrogens is 256 g/mol. The highest BCUT2D eigenvalue weighted by atomic mass is 16.5. The van der Waals surface area contributed by atoms with E-state index in [4.69, 9.17) is 9.84 Å². The number of hydrogen-bond acceptors (Lipinski definition) is 4. The van der Waals surface area contributed by atoms with E-state index in [0.29, 0.717) is 12.3 Å². The Kier molecular flexibility index (Phi) is 4.98. The second-order valence-corrected chi connectivity index (χ2v) is 5.22. The van der Waals surface area contributed by atoms with Gasteiger partial charge < -0.3 is 20.5 Å². The highest BCUT2D eigenvalue weighted by molar-refractivity contribution is 5.86. The molecule has 1 saturated heterocycles. The Balaban J connectivity index is 1.95. The summed E-state index contributed by atoms with van der Waals surface area (Å²) in [4.78, 5) is 12.2. The van der Waals surface area contributed by atoms with Crippen LogP contribution in [0.15, 0.2) is 24.3 Å². The lowest BCUT2D eigenvalue weighted by Gasteiger charge is -2.23. The molecule has 1 aliphatic rings. The molecule has 1 unspecified atom stereocenters.